The summed E-state index contributed by atoms with van der Waals surface area (Å²) in [7, 11) is -4.93. The Bertz CT molecular complexity index is 472. The Balaban J connectivity index is 3.56. The summed E-state index contributed by atoms with van der Waals surface area (Å²) in [6.45, 7) is 1.18. The molecule has 0 aliphatic rings. The largest absolute Gasteiger partial charge is 0.477 e. The van der Waals surface area contributed by atoms with Gasteiger partial charge in [-0.3, -0.25) is 0 Å². The van der Waals surface area contributed by atoms with Gasteiger partial charge in [0.15, 0.2) is 5.03 Å². The summed E-state index contributed by atoms with van der Waals surface area (Å²) in [6.07, 6.45) is 0. The highest BCUT2D eigenvalue weighted by molar-refractivity contribution is 8.65. The first-order valence-corrected chi connectivity index (χ1v) is 6.63. The van der Waals surface area contributed by atoms with Crippen molar-refractivity contribution in [3.63, 3.8) is 0 Å². The van der Waals surface area contributed by atoms with Crippen molar-refractivity contribution < 1.29 is 25.4 Å². The number of rotatable bonds is 2. The number of hydrogen-bond donors (Lipinski definition) is 1. The van der Waals surface area contributed by atoms with E-state index in [1.165, 1.54) is 6.92 Å². The second-order valence-electron chi connectivity index (χ2n) is 3.14. The third-order valence-electron chi connectivity index (χ3n) is 1.56. The first-order valence-electron chi connectivity index (χ1n) is 3.76. The van der Waals surface area contributed by atoms with Gasteiger partial charge in [0.05, 0.1) is 0 Å². The monoisotopic (exact) mass is 279 g/mol. The van der Waals surface area contributed by atoms with E-state index in [0.717, 1.165) is 6.07 Å². The van der Waals surface area contributed by atoms with Gasteiger partial charge in [0, 0.05) is 10.7 Å². The standard InChI is InChI=1S/C7H6ClF4NO2S/c1-4-2-5(7(14)15)13-6(3-4)16(8,9,10,11)12/h2-3H,1H3,(H,14,15). The lowest BCUT2D eigenvalue weighted by Crippen LogP contribution is -2.11. The van der Waals surface area contributed by atoms with Crippen LogP contribution in [0.4, 0.5) is 15.5 Å². The molecule has 1 rings (SSSR count). The molecule has 0 aromatic carbocycles. The maximum absolute atomic E-state index is 12.7. The predicted octanol–water partition coefficient (Wildman–Crippen LogP) is 4.01. The molecule has 1 aromatic rings. The van der Waals surface area contributed by atoms with Gasteiger partial charge < -0.3 is 5.11 Å². The summed E-state index contributed by atoms with van der Waals surface area (Å²) < 4.78 is 51.0. The Morgan fingerprint density at radius 1 is 1.38 bits per heavy atom. The van der Waals surface area contributed by atoms with E-state index in [1.54, 1.807) is 0 Å². The molecule has 0 atom stereocenters. The number of aryl methyl sites for hydroxylation is 1. The summed E-state index contributed by atoms with van der Waals surface area (Å²) in [5.41, 5.74) is -1.01. The molecule has 0 saturated heterocycles. The van der Waals surface area contributed by atoms with Gasteiger partial charge in [-0.2, -0.15) is 0 Å². The van der Waals surface area contributed by atoms with E-state index in [9.17, 15) is 20.3 Å². The molecule has 0 radical (unpaired) electrons. The maximum atomic E-state index is 12.7. The van der Waals surface area contributed by atoms with Gasteiger partial charge in [-0.25, -0.2) is 9.78 Å². The molecule has 1 aromatic heterocycles. The minimum atomic E-state index is -8.95. The lowest BCUT2D eigenvalue weighted by molar-refractivity contribution is 0.0689. The fourth-order valence-electron chi connectivity index (χ4n) is 0.943. The van der Waals surface area contributed by atoms with Crippen molar-refractivity contribution in [3.8, 4) is 0 Å². The van der Waals surface area contributed by atoms with E-state index in [0.29, 0.717) is 6.07 Å². The van der Waals surface area contributed by atoms with Gasteiger partial charge in [-0.05, 0) is 24.6 Å². The van der Waals surface area contributed by atoms with E-state index in [1.807, 2.05) is 0 Å². The highest BCUT2D eigenvalue weighted by Crippen LogP contribution is 3.03. The van der Waals surface area contributed by atoms with Crippen LogP contribution in [0.15, 0.2) is 17.2 Å². The van der Waals surface area contributed by atoms with E-state index in [-0.39, 0.29) is 5.56 Å². The van der Waals surface area contributed by atoms with Crippen LogP contribution in [-0.4, -0.2) is 16.1 Å². The quantitative estimate of drug-likeness (QED) is 0.832. The van der Waals surface area contributed by atoms with Crippen LogP contribution in [0.2, 0.25) is 0 Å². The van der Waals surface area contributed by atoms with E-state index in [2.05, 4.69) is 15.7 Å². The van der Waals surface area contributed by atoms with Crippen LogP contribution in [0.3, 0.4) is 0 Å². The van der Waals surface area contributed by atoms with Crippen LogP contribution < -0.4 is 0 Å². The number of hydrogen-bond acceptors (Lipinski definition) is 2. The van der Waals surface area contributed by atoms with Crippen LogP contribution in [-0.2, 0) is 0 Å². The molecule has 0 saturated carbocycles. The molecule has 0 unspecified atom stereocenters. The minimum absolute atomic E-state index is 0.0985. The lowest BCUT2D eigenvalue weighted by atomic mass is 10.2. The minimum Gasteiger partial charge on any atom is -0.477 e. The second-order valence-corrected chi connectivity index (χ2v) is 7.36. The molecule has 0 spiro atoms. The summed E-state index contributed by atoms with van der Waals surface area (Å²) in [6, 6.07) is 1.24. The Hall–Kier alpha value is -1.02. The van der Waals surface area contributed by atoms with Gasteiger partial charge in [-0.1, -0.05) is 0 Å². The first-order chi connectivity index (χ1) is 6.79. The summed E-state index contributed by atoms with van der Waals surface area (Å²) in [4.78, 5) is 13.1. The van der Waals surface area contributed by atoms with Crippen LogP contribution in [0.25, 0.3) is 0 Å². The highest BCUT2D eigenvalue weighted by Gasteiger charge is 2.64. The molecule has 0 bridgehead atoms. The molecule has 1 heterocycles. The molecule has 92 valence electrons. The number of pyridine rings is 1. The van der Waals surface area contributed by atoms with E-state index >= 15 is 0 Å². The number of carboxylic acids is 1. The molecular weight excluding hydrogens is 274 g/mol. The Morgan fingerprint density at radius 2 is 1.88 bits per heavy atom. The first kappa shape index (κ1) is 13.0. The number of aromatic carboxylic acids is 1. The van der Waals surface area contributed by atoms with Crippen molar-refractivity contribution in [1.82, 2.24) is 4.98 Å². The van der Waals surface area contributed by atoms with Crippen LogP contribution in [0.5, 0.6) is 0 Å². The number of aromatic nitrogens is 1. The third kappa shape index (κ3) is 2.99. The van der Waals surface area contributed by atoms with Crippen LogP contribution in [0, 0.1) is 6.92 Å². The average molecular weight is 280 g/mol. The number of carbonyl (C=O) groups is 1. The number of halogens is 5. The summed E-state index contributed by atoms with van der Waals surface area (Å²) >= 11 is 0. The molecular formula is C7H6ClF4NO2S. The number of nitrogens with zero attached hydrogens (tertiary/aromatic N) is 1. The van der Waals surface area contributed by atoms with Gasteiger partial charge in [-0.15, -0.1) is 15.5 Å². The predicted molar refractivity (Wildman–Crippen MR) is 52.1 cm³/mol. The summed E-state index contributed by atoms with van der Waals surface area (Å²) in [5.74, 6) is -1.69. The zero-order valence-corrected chi connectivity index (χ0v) is 9.33. The molecule has 9 heteroatoms. The van der Waals surface area contributed by atoms with Crippen LogP contribution >= 0.6 is 19.7 Å². The van der Waals surface area contributed by atoms with E-state index in [4.69, 9.17) is 5.11 Å². The molecule has 0 fully saturated rings. The number of carboxylic acid groups (broad SMARTS) is 1. The molecule has 0 aliphatic carbocycles. The lowest BCUT2D eigenvalue weighted by Gasteiger charge is -2.41. The second kappa shape index (κ2) is 2.80. The molecule has 1 N–H and O–H groups in total. The van der Waals surface area contributed by atoms with Gasteiger partial charge in [0.25, 0.3) is 9.05 Å². The SMILES string of the molecule is Cc1cc(C(=O)O)nc(S(F)(F)(F)(F)Cl)c1. The van der Waals surface area contributed by atoms with Crippen molar-refractivity contribution in [3.05, 3.63) is 23.4 Å². The molecule has 16 heavy (non-hydrogen) atoms. The van der Waals surface area contributed by atoms with Crippen molar-refractivity contribution in [1.29, 1.82) is 0 Å². The van der Waals surface area contributed by atoms with Gasteiger partial charge in [0.2, 0.25) is 0 Å². The summed E-state index contributed by atoms with van der Waals surface area (Å²) in [5, 5.41) is 6.48. The van der Waals surface area contributed by atoms with Gasteiger partial charge in [0.1, 0.15) is 5.69 Å². The Morgan fingerprint density at radius 3 is 2.25 bits per heavy atom. The Kier molecular flexibility index (Phi) is 2.29. The zero-order valence-electron chi connectivity index (χ0n) is 7.76. The Labute approximate surface area is 92.0 Å². The average Bonchev–Trinajstić information content (AvgIpc) is 1.98. The smallest absolute Gasteiger partial charge is 0.354 e. The van der Waals surface area contributed by atoms with Crippen molar-refractivity contribution in [2.24, 2.45) is 0 Å². The fraction of sp³-hybridized carbons (Fsp3) is 0.143. The molecule has 3 nitrogen and oxygen atoms in total. The fourth-order valence-corrected chi connectivity index (χ4v) is 1.86. The third-order valence-corrected chi connectivity index (χ3v) is 3.03. The van der Waals surface area contributed by atoms with Crippen LogP contribution in [0.1, 0.15) is 16.1 Å². The zero-order chi connectivity index (χ0) is 12.8. The van der Waals surface area contributed by atoms with E-state index < -0.39 is 25.7 Å². The van der Waals surface area contributed by atoms with Crippen molar-refractivity contribution >= 4 is 25.7 Å². The topological polar surface area (TPSA) is 50.2 Å². The normalized spacial score (nSPS) is 16.4. The molecule has 0 amide bonds. The maximum Gasteiger partial charge on any atom is 0.354 e. The highest BCUT2D eigenvalue weighted by atomic mass is 35.7. The van der Waals surface area contributed by atoms with Crippen molar-refractivity contribution in [2.45, 2.75) is 11.9 Å². The van der Waals surface area contributed by atoms with Gasteiger partial charge >= 0.3 is 5.97 Å². The molecule has 0 aliphatic heterocycles. The van der Waals surface area contributed by atoms with Crippen molar-refractivity contribution in [2.75, 3.05) is 0 Å².